The maximum absolute atomic E-state index is 13.5. The lowest BCUT2D eigenvalue weighted by atomic mass is 10.0. The highest BCUT2D eigenvalue weighted by Gasteiger charge is 2.41. The molecule has 0 aliphatic carbocycles. The fourth-order valence-corrected chi connectivity index (χ4v) is 4.91. The molecule has 2 aliphatic heterocycles. The number of ether oxygens (including phenoxy) is 1. The van der Waals surface area contributed by atoms with E-state index >= 15 is 0 Å². The number of piperazine rings is 1. The van der Waals surface area contributed by atoms with Crippen molar-refractivity contribution in [1.29, 1.82) is 0 Å². The molecular weight excluding hydrogens is 484 g/mol. The van der Waals surface area contributed by atoms with Crippen molar-refractivity contribution in [3.63, 3.8) is 0 Å². The first-order valence-corrected chi connectivity index (χ1v) is 11.4. The number of rotatable bonds is 2. The molecule has 1 amide bonds. The third-order valence-corrected chi connectivity index (χ3v) is 6.22. The predicted molar refractivity (Wildman–Crippen MR) is 119 cm³/mol. The molecule has 12 heteroatoms. The van der Waals surface area contributed by atoms with Crippen molar-refractivity contribution in [1.82, 2.24) is 24.1 Å². The SMILES string of the molecule is CC1C[C@@H](C(=O)O)n2c1c(N1CCN(C(=O)OC(C)(C)C)[C@H](C)C1)c(=O)n1nc(Br)nc21. The Bertz CT molecular complexity index is 1150. The number of carbonyl (C=O) groups is 2. The summed E-state index contributed by atoms with van der Waals surface area (Å²) >= 11 is 3.20. The molecular formula is C20H27BrN6O5. The third-order valence-electron chi connectivity index (χ3n) is 5.89. The lowest BCUT2D eigenvalue weighted by molar-refractivity contribution is -0.140. The van der Waals surface area contributed by atoms with Crippen LogP contribution in [0.1, 0.15) is 58.7 Å². The Labute approximate surface area is 193 Å². The van der Waals surface area contributed by atoms with E-state index in [2.05, 4.69) is 26.0 Å². The Morgan fingerprint density at radius 3 is 2.50 bits per heavy atom. The first kappa shape index (κ1) is 22.6. The molecule has 0 spiro atoms. The fraction of sp³-hybridized carbons (Fsp3) is 0.650. The van der Waals surface area contributed by atoms with Gasteiger partial charge in [0, 0.05) is 31.6 Å². The molecule has 1 fully saturated rings. The number of fused-ring (bicyclic) bond motifs is 3. The minimum absolute atomic E-state index is 0.154. The van der Waals surface area contributed by atoms with Gasteiger partial charge in [-0.15, -0.1) is 5.10 Å². The van der Waals surface area contributed by atoms with Gasteiger partial charge in [0.05, 0.1) is 5.69 Å². The molecule has 1 N–H and O–H groups in total. The summed E-state index contributed by atoms with van der Waals surface area (Å²) in [5, 5.41) is 14.0. The molecule has 1 unspecified atom stereocenters. The molecule has 11 nitrogen and oxygen atoms in total. The summed E-state index contributed by atoms with van der Waals surface area (Å²) in [6.07, 6.45) is -0.0270. The Kier molecular flexibility index (Phi) is 5.46. The molecule has 2 aromatic rings. The summed E-state index contributed by atoms with van der Waals surface area (Å²) in [6, 6.07) is -1.04. The van der Waals surface area contributed by atoms with E-state index in [9.17, 15) is 19.5 Å². The number of hydrogen-bond acceptors (Lipinski definition) is 7. The van der Waals surface area contributed by atoms with E-state index in [0.29, 0.717) is 37.4 Å². The van der Waals surface area contributed by atoms with Gasteiger partial charge in [-0.25, -0.2) is 9.59 Å². The van der Waals surface area contributed by atoms with Crippen molar-refractivity contribution in [3.05, 3.63) is 20.8 Å². The molecule has 0 saturated carbocycles. The Morgan fingerprint density at radius 1 is 1.22 bits per heavy atom. The van der Waals surface area contributed by atoms with E-state index in [4.69, 9.17) is 4.74 Å². The van der Waals surface area contributed by atoms with Crippen molar-refractivity contribution in [2.75, 3.05) is 24.5 Å². The molecule has 0 aromatic carbocycles. The smallest absolute Gasteiger partial charge is 0.410 e. The highest BCUT2D eigenvalue weighted by molar-refractivity contribution is 9.10. The lowest BCUT2D eigenvalue weighted by Gasteiger charge is -2.41. The van der Waals surface area contributed by atoms with Gasteiger partial charge < -0.3 is 19.6 Å². The summed E-state index contributed by atoms with van der Waals surface area (Å²) in [4.78, 5) is 45.9. The lowest BCUT2D eigenvalue weighted by Crippen LogP contribution is -2.56. The predicted octanol–water partition coefficient (Wildman–Crippen LogP) is 2.23. The molecule has 3 atom stereocenters. The average molecular weight is 511 g/mol. The number of hydrogen-bond donors (Lipinski definition) is 1. The molecule has 4 heterocycles. The molecule has 1 saturated heterocycles. The zero-order valence-electron chi connectivity index (χ0n) is 18.7. The minimum atomic E-state index is -0.977. The van der Waals surface area contributed by atoms with E-state index in [0.717, 1.165) is 4.52 Å². The maximum Gasteiger partial charge on any atom is 0.410 e. The van der Waals surface area contributed by atoms with Crippen LogP contribution in [0.25, 0.3) is 5.78 Å². The van der Waals surface area contributed by atoms with Crippen LogP contribution < -0.4 is 10.5 Å². The van der Waals surface area contributed by atoms with Crippen molar-refractivity contribution in [2.24, 2.45) is 0 Å². The second-order valence-corrected chi connectivity index (χ2v) is 10.2. The average Bonchev–Trinajstić information content (AvgIpc) is 3.21. The highest BCUT2D eigenvalue weighted by Crippen LogP contribution is 2.41. The van der Waals surface area contributed by atoms with Crippen molar-refractivity contribution in [3.8, 4) is 0 Å². The Balaban J connectivity index is 1.76. The topological polar surface area (TPSA) is 122 Å². The molecule has 32 heavy (non-hydrogen) atoms. The molecule has 0 radical (unpaired) electrons. The van der Waals surface area contributed by atoms with Crippen LogP contribution in [0.15, 0.2) is 9.53 Å². The van der Waals surface area contributed by atoms with Gasteiger partial charge in [-0.2, -0.15) is 9.50 Å². The van der Waals surface area contributed by atoms with Crippen LogP contribution in [0.4, 0.5) is 10.5 Å². The second kappa shape index (κ2) is 7.75. The fourth-order valence-electron chi connectivity index (χ4n) is 4.59. The number of nitrogens with zero attached hydrogens (tertiary/aromatic N) is 6. The number of amides is 1. The van der Waals surface area contributed by atoms with Crippen LogP contribution in [-0.4, -0.2) is 72.5 Å². The van der Waals surface area contributed by atoms with Crippen molar-refractivity contribution >= 4 is 39.5 Å². The first-order chi connectivity index (χ1) is 14.9. The van der Waals surface area contributed by atoms with Gasteiger partial charge in [0.15, 0.2) is 0 Å². The Hall–Kier alpha value is -2.63. The first-order valence-electron chi connectivity index (χ1n) is 10.6. The molecule has 2 aromatic heterocycles. The largest absolute Gasteiger partial charge is 0.480 e. The van der Waals surface area contributed by atoms with Crippen LogP contribution >= 0.6 is 15.9 Å². The van der Waals surface area contributed by atoms with Gasteiger partial charge in [0.25, 0.3) is 5.56 Å². The van der Waals surface area contributed by atoms with E-state index < -0.39 is 17.6 Å². The van der Waals surface area contributed by atoms with Crippen LogP contribution in [-0.2, 0) is 9.53 Å². The van der Waals surface area contributed by atoms with Crippen molar-refractivity contribution < 1.29 is 19.4 Å². The normalized spacial score (nSPS) is 23.5. The molecule has 174 valence electrons. The van der Waals surface area contributed by atoms with Crippen LogP contribution in [0, 0.1) is 0 Å². The Morgan fingerprint density at radius 2 is 1.91 bits per heavy atom. The van der Waals surface area contributed by atoms with Gasteiger partial charge in [0.1, 0.15) is 17.3 Å². The van der Waals surface area contributed by atoms with Crippen LogP contribution in [0.3, 0.4) is 0 Å². The number of carbonyl (C=O) groups excluding carboxylic acids is 1. The summed E-state index contributed by atoms with van der Waals surface area (Å²) in [6.45, 7) is 10.5. The summed E-state index contributed by atoms with van der Waals surface area (Å²) < 4.78 is 8.50. The quantitative estimate of drug-likeness (QED) is 0.652. The van der Waals surface area contributed by atoms with E-state index in [-0.39, 0.29) is 34.1 Å². The highest BCUT2D eigenvalue weighted by atomic mass is 79.9. The van der Waals surface area contributed by atoms with E-state index in [1.807, 2.05) is 39.5 Å². The molecule has 2 aliphatic rings. The van der Waals surface area contributed by atoms with Gasteiger partial charge in [-0.05, 0) is 50.0 Å². The number of carboxylic acids is 1. The van der Waals surface area contributed by atoms with Gasteiger partial charge in [-0.1, -0.05) is 6.92 Å². The van der Waals surface area contributed by atoms with Crippen molar-refractivity contribution in [2.45, 2.75) is 64.6 Å². The number of aromatic nitrogens is 4. The zero-order chi connectivity index (χ0) is 23.5. The van der Waals surface area contributed by atoms with Crippen LogP contribution in [0.2, 0.25) is 0 Å². The number of halogens is 1. The molecule has 0 bridgehead atoms. The monoisotopic (exact) mass is 510 g/mol. The zero-order valence-corrected chi connectivity index (χ0v) is 20.3. The maximum atomic E-state index is 13.5. The van der Waals surface area contributed by atoms with Gasteiger partial charge in [0.2, 0.25) is 10.5 Å². The minimum Gasteiger partial charge on any atom is -0.480 e. The number of anilines is 1. The van der Waals surface area contributed by atoms with Gasteiger partial charge in [-0.3, -0.25) is 9.36 Å². The van der Waals surface area contributed by atoms with E-state index in [1.165, 1.54) is 0 Å². The third kappa shape index (κ3) is 3.74. The number of carboxylic acid groups (broad SMARTS) is 1. The summed E-state index contributed by atoms with van der Waals surface area (Å²) in [5.74, 6) is -0.925. The van der Waals surface area contributed by atoms with E-state index in [1.54, 1.807) is 9.47 Å². The summed E-state index contributed by atoms with van der Waals surface area (Å²) in [7, 11) is 0. The second-order valence-electron chi connectivity index (χ2n) is 9.46. The summed E-state index contributed by atoms with van der Waals surface area (Å²) in [5.41, 5.74) is 0.121. The molecule has 4 rings (SSSR count). The standard InChI is InChI=1S/C20H27BrN6O5/c1-10-8-12(16(29)30)26-13(10)14(15(28)27-18(26)22-17(21)23-27)24-6-7-25(11(2)9-24)19(31)32-20(3,4)5/h10-12H,6-9H2,1-5H3,(H,29,30)/t10?,11-,12+/m1/s1. The number of aliphatic carboxylic acids is 1. The van der Waals surface area contributed by atoms with Gasteiger partial charge >= 0.3 is 12.1 Å². The van der Waals surface area contributed by atoms with Crippen LogP contribution in [0.5, 0.6) is 0 Å².